The molecule has 0 saturated carbocycles. The molecule has 124 valence electrons. The number of nitriles is 1. The number of carbonyl (C=O) groups excluding carboxylic acids is 1. The second kappa shape index (κ2) is 6.27. The van der Waals surface area contributed by atoms with Crippen LogP contribution in [0.15, 0.2) is 30.5 Å². The maximum absolute atomic E-state index is 12.7. The summed E-state index contributed by atoms with van der Waals surface area (Å²) < 4.78 is 13.1. The lowest BCUT2D eigenvalue weighted by Gasteiger charge is -2.39. The number of aromatic nitrogens is 1. The number of ether oxygens (including phenoxy) is 2. The Morgan fingerprint density at radius 2 is 2.08 bits per heavy atom. The molecule has 2 fully saturated rings. The van der Waals surface area contributed by atoms with E-state index in [1.807, 2.05) is 24.3 Å². The standard InChI is InChI=1S/C18H19N3O3/c19-5-6-21-9-16(15-3-1-2-4-17(15)21)18(22)24-14-7-12-10-23-11-13(8-14)20-12/h1-4,9,12-14,20H,6-8,10-11H2/t12-,13+,14?. The predicted octanol–water partition coefficient (Wildman–Crippen LogP) is 1.84. The molecule has 1 unspecified atom stereocenters. The van der Waals surface area contributed by atoms with Crippen molar-refractivity contribution in [1.82, 2.24) is 9.88 Å². The number of hydrogen-bond acceptors (Lipinski definition) is 5. The van der Waals surface area contributed by atoms with Crippen LogP contribution in [0.3, 0.4) is 0 Å². The smallest absolute Gasteiger partial charge is 0.340 e. The molecule has 3 heterocycles. The zero-order chi connectivity index (χ0) is 16.5. The van der Waals surface area contributed by atoms with Gasteiger partial charge in [0.05, 0.1) is 24.8 Å². The molecule has 1 aromatic carbocycles. The maximum Gasteiger partial charge on any atom is 0.340 e. The van der Waals surface area contributed by atoms with Crippen molar-refractivity contribution in [2.75, 3.05) is 13.2 Å². The summed E-state index contributed by atoms with van der Waals surface area (Å²) in [5.41, 5.74) is 1.40. The highest BCUT2D eigenvalue weighted by Gasteiger charge is 2.34. The van der Waals surface area contributed by atoms with Crippen LogP contribution >= 0.6 is 0 Å². The van der Waals surface area contributed by atoms with Gasteiger partial charge in [-0.15, -0.1) is 0 Å². The first kappa shape index (κ1) is 15.2. The number of hydrogen-bond donors (Lipinski definition) is 1. The highest BCUT2D eigenvalue weighted by Crippen LogP contribution is 2.25. The van der Waals surface area contributed by atoms with E-state index in [0.717, 1.165) is 23.7 Å². The molecule has 3 atom stereocenters. The van der Waals surface area contributed by atoms with Crippen LogP contribution in [-0.4, -0.2) is 41.9 Å². The largest absolute Gasteiger partial charge is 0.459 e. The maximum atomic E-state index is 12.7. The number of nitrogens with zero attached hydrogens (tertiary/aromatic N) is 2. The van der Waals surface area contributed by atoms with E-state index in [0.29, 0.717) is 18.8 Å². The van der Waals surface area contributed by atoms with Crippen molar-refractivity contribution in [2.24, 2.45) is 0 Å². The molecule has 2 aliphatic rings. The molecular formula is C18H19N3O3. The van der Waals surface area contributed by atoms with Gasteiger partial charge in [-0.1, -0.05) is 18.2 Å². The summed E-state index contributed by atoms with van der Waals surface area (Å²) in [6.07, 6.45) is 3.19. The number of para-hydroxylation sites is 1. The van der Waals surface area contributed by atoms with Gasteiger partial charge in [-0.3, -0.25) is 0 Å². The molecular weight excluding hydrogens is 306 g/mol. The number of nitrogens with one attached hydrogen (secondary N) is 1. The van der Waals surface area contributed by atoms with Gasteiger partial charge in [0.2, 0.25) is 0 Å². The summed E-state index contributed by atoms with van der Waals surface area (Å²) in [5.74, 6) is -0.311. The van der Waals surface area contributed by atoms with Gasteiger partial charge in [0.1, 0.15) is 12.6 Å². The molecule has 24 heavy (non-hydrogen) atoms. The van der Waals surface area contributed by atoms with Crippen LogP contribution in [0.4, 0.5) is 0 Å². The Morgan fingerprint density at radius 1 is 1.33 bits per heavy atom. The van der Waals surface area contributed by atoms with Gasteiger partial charge in [-0.25, -0.2) is 4.79 Å². The summed E-state index contributed by atoms with van der Waals surface area (Å²) >= 11 is 0. The molecule has 0 spiro atoms. The molecule has 1 N–H and O–H groups in total. The average Bonchev–Trinajstić information content (AvgIpc) is 2.94. The second-order valence-electron chi connectivity index (χ2n) is 6.44. The van der Waals surface area contributed by atoms with E-state index >= 15 is 0 Å². The minimum atomic E-state index is -0.311. The summed E-state index contributed by atoms with van der Waals surface area (Å²) in [6.45, 7) is 1.56. The summed E-state index contributed by atoms with van der Waals surface area (Å²) in [4.78, 5) is 12.7. The van der Waals surface area contributed by atoms with Gasteiger partial charge in [0, 0.05) is 42.0 Å². The van der Waals surface area contributed by atoms with Crippen LogP contribution in [0.1, 0.15) is 23.2 Å². The highest BCUT2D eigenvalue weighted by atomic mass is 16.5. The Labute approximate surface area is 140 Å². The quantitative estimate of drug-likeness (QED) is 0.872. The topological polar surface area (TPSA) is 76.3 Å². The monoisotopic (exact) mass is 325 g/mol. The number of carbonyl (C=O) groups is 1. The molecule has 2 bridgehead atoms. The number of morpholine rings is 1. The molecule has 2 saturated heterocycles. The molecule has 1 aromatic heterocycles. The van der Waals surface area contributed by atoms with Gasteiger partial charge in [0.25, 0.3) is 0 Å². The summed E-state index contributed by atoms with van der Waals surface area (Å²) in [5, 5.41) is 13.3. The van der Waals surface area contributed by atoms with Crippen LogP contribution in [0.5, 0.6) is 0 Å². The van der Waals surface area contributed by atoms with E-state index in [4.69, 9.17) is 14.7 Å². The van der Waals surface area contributed by atoms with Crippen molar-refractivity contribution in [3.8, 4) is 6.07 Å². The van der Waals surface area contributed by atoms with Gasteiger partial charge >= 0.3 is 5.97 Å². The number of benzene rings is 1. The zero-order valence-electron chi connectivity index (χ0n) is 13.3. The Balaban J connectivity index is 1.56. The van der Waals surface area contributed by atoms with Crippen molar-refractivity contribution >= 4 is 16.9 Å². The molecule has 0 radical (unpaired) electrons. The van der Waals surface area contributed by atoms with E-state index in [2.05, 4.69) is 11.4 Å². The Bertz CT molecular complexity index is 795. The fourth-order valence-corrected chi connectivity index (χ4v) is 3.71. The van der Waals surface area contributed by atoms with Crippen molar-refractivity contribution in [2.45, 2.75) is 37.6 Å². The van der Waals surface area contributed by atoms with E-state index in [1.54, 1.807) is 10.8 Å². The van der Waals surface area contributed by atoms with Crippen molar-refractivity contribution < 1.29 is 14.3 Å². The predicted molar refractivity (Wildman–Crippen MR) is 87.5 cm³/mol. The average molecular weight is 325 g/mol. The third kappa shape index (κ3) is 2.77. The molecule has 2 aromatic rings. The van der Waals surface area contributed by atoms with Gasteiger partial charge in [-0.05, 0) is 6.07 Å². The fourth-order valence-electron chi connectivity index (χ4n) is 3.71. The Hall–Kier alpha value is -2.36. The van der Waals surface area contributed by atoms with Crippen molar-refractivity contribution in [3.05, 3.63) is 36.0 Å². The Morgan fingerprint density at radius 3 is 2.83 bits per heavy atom. The first-order chi connectivity index (χ1) is 11.7. The van der Waals surface area contributed by atoms with Gasteiger partial charge in [-0.2, -0.15) is 5.26 Å². The third-order valence-corrected chi connectivity index (χ3v) is 4.73. The minimum Gasteiger partial charge on any atom is -0.459 e. The van der Waals surface area contributed by atoms with Crippen molar-refractivity contribution in [3.63, 3.8) is 0 Å². The lowest BCUT2D eigenvalue weighted by atomic mass is 9.94. The van der Waals surface area contributed by atoms with Crippen LogP contribution < -0.4 is 5.32 Å². The first-order valence-corrected chi connectivity index (χ1v) is 8.24. The minimum absolute atomic E-state index is 0.0873. The van der Waals surface area contributed by atoms with E-state index in [9.17, 15) is 4.79 Å². The number of esters is 1. The molecule has 4 rings (SSSR count). The van der Waals surface area contributed by atoms with Crippen LogP contribution in [0.2, 0.25) is 0 Å². The van der Waals surface area contributed by atoms with Crippen LogP contribution in [-0.2, 0) is 16.0 Å². The van der Waals surface area contributed by atoms with E-state index < -0.39 is 0 Å². The fraction of sp³-hybridized carbons (Fsp3) is 0.444. The molecule has 2 aliphatic heterocycles. The number of fused-ring (bicyclic) bond motifs is 3. The first-order valence-electron chi connectivity index (χ1n) is 8.24. The van der Waals surface area contributed by atoms with E-state index in [1.165, 1.54) is 0 Å². The SMILES string of the molecule is N#CCn1cc(C(=O)OC2C[C@H]3COC[C@@H](C2)N3)c2ccccc21. The van der Waals surface area contributed by atoms with E-state index in [-0.39, 0.29) is 30.7 Å². The lowest BCUT2D eigenvalue weighted by molar-refractivity contribution is -0.0339. The highest BCUT2D eigenvalue weighted by molar-refractivity contribution is 6.04. The number of rotatable bonds is 3. The third-order valence-electron chi connectivity index (χ3n) is 4.73. The van der Waals surface area contributed by atoms with Gasteiger partial charge in [0.15, 0.2) is 0 Å². The normalized spacial score (nSPS) is 26.0. The molecule has 0 amide bonds. The van der Waals surface area contributed by atoms with Gasteiger partial charge < -0.3 is 19.4 Å². The van der Waals surface area contributed by atoms with Crippen LogP contribution in [0, 0.1) is 11.3 Å². The molecule has 6 heteroatoms. The second-order valence-corrected chi connectivity index (χ2v) is 6.44. The molecule has 0 aliphatic carbocycles. The zero-order valence-corrected chi connectivity index (χ0v) is 13.3. The number of piperidine rings is 1. The molecule has 6 nitrogen and oxygen atoms in total. The lowest BCUT2D eigenvalue weighted by Crippen LogP contribution is -2.56. The van der Waals surface area contributed by atoms with Crippen molar-refractivity contribution in [1.29, 1.82) is 5.26 Å². The summed E-state index contributed by atoms with van der Waals surface area (Å²) in [7, 11) is 0. The van der Waals surface area contributed by atoms with Crippen LogP contribution in [0.25, 0.3) is 10.9 Å². The Kier molecular flexibility index (Phi) is 3.97. The summed E-state index contributed by atoms with van der Waals surface area (Å²) in [6, 6.07) is 10.2.